The summed E-state index contributed by atoms with van der Waals surface area (Å²) in [6, 6.07) is 5.89. The molecule has 0 aliphatic rings. The number of carboxylic acids is 1. The van der Waals surface area contributed by atoms with Gasteiger partial charge in [-0.1, -0.05) is 0 Å². The van der Waals surface area contributed by atoms with E-state index in [4.69, 9.17) is 0 Å². The highest BCUT2D eigenvalue weighted by atomic mass is 32.1. The minimum Gasteiger partial charge on any atom is -0.480 e. The molecule has 1 aromatic carbocycles. The molecule has 3 aromatic rings. The number of thiazole rings is 1. The van der Waals surface area contributed by atoms with Crippen LogP contribution in [0.25, 0.3) is 11.3 Å². The van der Waals surface area contributed by atoms with Gasteiger partial charge < -0.3 is 5.11 Å². The summed E-state index contributed by atoms with van der Waals surface area (Å²) in [6.45, 7) is 0. The highest BCUT2D eigenvalue weighted by Gasteiger charge is 2.29. The number of halogens is 1. The molecule has 0 bridgehead atoms. The number of rotatable bonds is 4. The molecule has 0 aliphatic heterocycles. The molecule has 1 unspecified atom stereocenters. The molecule has 5 nitrogen and oxygen atoms in total. The van der Waals surface area contributed by atoms with Gasteiger partial charge in [-0.3, -0.25) is 9.48 Å². The Bertz CT molecular complexity index is 797. The third-order valence-corrected chi connectivity index (χ3v) is 3.99. The molecule has 112 valence electrons. The average molecular weight is 317 g/mol. The fourth-order valence-corrected chi connectivity index (χ4v) is 2.99. The fourth-order valence-electron chi connectivity index (χ4n) is 2.41. The van der Waals surface area contributed by atoms with Gasteiger partial charge in [-0.2, -0.15) is 5.10 Å². The van der Waals surface area contributed by atoms with Crippen LogP contribution >= 0.6 is 11.3 Å². The van der Waals surface area contributed by atoms with E-state index in [1.54, 1.807) is 34.8 Å². The molecule has 2 aromatic heterocycles. The molecule has 2 heterocycles. The van der Waals surface area contributed by atoms with Gasteiger partial charge in [0.15, 0.2) is 0 Å². The van der Waals surface area contributed by atoms with Gasteiger partial charge in [0.1, 0.15) is 11.7 Å². The lowest BCUT2D eigenvalue weighted by atomic mass is 9.94. The van der Waals surface area contributed by atoms with Gasteiger partial charge in [-0.25, -0.2) is 9.37 Å². The number of aliphatic carboxylic acids is 1. The van der Waals surface area contributed by atoms with Crippen molar-refractivity contribution in [2.45, 2.75) is 5.92 Å². The Labute approximate surface area is 129 Å². The maximum atomic E-state index is 13.1. The summed E-state index contributed by atoms with van der Waals surface area (Å²) in [5.41, 5.74) is 3.94. The highest BCUT2D eigenvalue weighted by molar-refractivity contribution is 7.07. The second-order valence-corrected chi connectivity index (χ2v) is 5.48. The molecular formula is C15H12FN3O2S. The third kappa shape index (κ3) is 2.50. The van der Waals surface area contributed by atoms with E-state index in [-0.39, 0.29) is 5.82 Å². The van der Waals surface area contributed by atoms with E-state index in [2.05, 4.69) is 10.1 Å². The predicted molar refractivity (Wildman–Crippen MR) is 80.2 cm³/mol. The summed E-state index contributed by atoms with van der Waals surface area (Å²) >= 11 is 1.34. The number of aromatic nitrogens is 3. The topological polar surface area (TPSA) is 68.0 Å². The Morgan fingerprint density at radius 1 is 1.36 bits per heavy atom. The Morgan fingerprint density at radius 2 is 2.09 bits per heavy atom. The van der Waals surface area contributed by atoms with Crippen molar-refractivity contribution in [1.82, 2.24) is 14.8 Å². The van der Waals surface area contributed by atoms with Gasteiger partial charge in [0.25, 0.3) is 0 Å². The number of benzene rings is 1. The molecule has 1 N–H and O–H groups in total. The van der Waals surface area contributed by atoms with E-state index in [9.17, 15) is 14.3 Å². The fraction of sp³-hybridized carbons (Fsp3) is 0.133. The second-order valence-electron chi connectivity index (χ2n) is 4.76. The number of hydrogen-bond donors (Lipinski definition) is 1. The number of nitrogens with zero attached hydrogens (tertiary/aromatic N) is 3. The molecule has 3 rings (SSSR count). The van der Waals surface area contributed by atoms with Crippen LogP contribution in [0.2, 0.25) is 0 Å². The van der Waals surface area contributed by atoms with Gasteiger partial charge in [-0.05, 0) is 24.3 Å². The molecule has 22 heavy (non-hydrogen) atoms. The van der Waals surface area contributed by atoms with E-state index in [1.807, 2.05) is 0 Å². The average Bonchev–Trinajstić information content (AvgIpc) is 3.11. The summed E-state index contributed by atoms with van der Waals surface area (Å²) in [5.74, 6) is -2.25. The normalized spacial score (nSPS) is 12.3. The van der Waals surface area contributed by atoms with Crippen molar-refractivity contribution < 1.29 is 14.3 Å². The van der Waals surface area contributed by atoms with Crippen molar-refractivity contribution in [3.63, 3.8) is 0 Å². The maximum Gasteiger partial charge on any atom is 0.317 e. The van der Waals surface area contributed by atoms with Crippen LogP contribution in [0.4, 0.5) is 4.39 Å². The summed E-state index contributed by atoms with van der Waals surface area (Å²) in [6.07, 6.45) is 1.52. The smallest absolute Gasteiger partial charge is 0.317 e. The van der Waals surface area contributed by atoms with Crippen LogP contribution in [0.5, 0.6) is 0 Å². The van der Waals surface area contributed by atoms with Crippen LogP contribution in [0.3, 0.4) is 0 Å². The van der Waals surface area contributed by atoms with Crippen LogP contribution in [-0.4, -0.2) is 25.8 Å². The SMILES string of the molecule is Cn1ncc(C(C(=O)O)c2cscn2)c1-c1ccc(F)cc1. The Balaban J connectivity index is 2.15. The van der Waals surface area contributed by atoms with Gasteiger partial charge in [0.05, 0.1) is 23.1 Å². The van der Waals surface area contributed by atoms with Crippen molar-refractivity contribution in [3.8, 4) is 11.3 Å². The zero-order valence-electron chi connectivity index (χ0n) is 11.6. The molecule has 1 atom stereocenters. The summed E-state index contributed by atoms with van der Waals surface area (Å²) < 4.78 is 14.7. The predicted octanol–water partition coefficient (Wildman–Crippen LogP) is 2.90. The van der Waals surface area contributed by atoms with E-state index >= 15 is 0 Å². The second kappa shape index (κ2) is 5.69. The third-order valence-electron chi connectivity index (χ3n) is 3.39. The number of carboxylic acid groups (broad SMARTS) is 1. The maximum absolute atomic E-state index is 13.1. The molecular weight excluding hydrogens is 305 g/mol. The summed E-state index contributed by atoms with van der Waals surface area (Å²) in [4.78, 5) is 15.8. The lowest BCUT2D eigenvalue weighted by Crippen LogP contribution is -2.14. The van der Waals surface area contributed by atoms with Crippen LogP contribution in [0, 0.1) is 5.82 Å². The molecule has 0 spiro atoms. The van der Waals surface area contributed by atoms with Crippen molar-refractivity contribution >= 4 is 17.3 Å². The minimum absolute atomic E-state index is 0.346. The first-order chi connectivity index (χ1) is 10.6. The highest BCUT2D eigenvalue weighted by Crippen LogP contribution is 2.33. The molecule has 0 fully saturated rings. The van der Waals surface area contributed by atoms with Crippen LogP contribution in [0.15, 0.2) is 41.4 Å². The van der Waals surface area contributed by atoms with E-state index in [0.717, 1.165) is 0 Å². The number of hydrogen-bond acceptors (Lipinski definition) is 4. The molecule has 0 saturated carbocycles. The largest absolute Gasteiger partial charge is 0.480 e. The van der Waals surface area contributed by atoms with Crippen LogP contribution in [-0.2, 0) is 11.8 Å². The zero-order chi connectivity index (χ0) is 15.7. The Morgan fingerprint density at radius 3 is 2.68 bits per heavy atom. The molecule has 0 saturated heterocycles. The van der Waals surface area contributed by atoms with Gasteiger partial charge in [0, 0.05) is 23.6 Å². The Kier molecular flexibility index (Phi) is 3.72. The number of aryl methyl sites for hydroxylation is 1. The Hall–Kier alpha value is -2.54. The standard InChI is InChI=1S/C15H12FN3O2S/c1-19-14(9-2-4-10(16)5-3-9)11(6-18-19)13(15(20)21)12-7-22-8-17-12/h2-8,13H,1H3,(H,20,21). The van der Waals surface area contributed by atoms with Crippen LogP contribution < -0.4 is 0 Å². The van der Waals surface area contributed by atoms with Gasteiger partial charge in [-0.15, -0.1) is 11.3 Å². The van der Waals surface area contributed by atoms with E-state index in [0.29, 0.717) is 22.5 Å². The first-order valence-electron chi connectivity index (χ1n) is 6.46. The first kappa shape index (κ1) is 14.4. The van der Waals surface area contributed by atoms with Gasteiger partial charge >= 0.3 is 5.97 Å². The van der Waals surface area contributed by atoms with Gasteiger partial charge in [0.2, 0.25) is 0 Å². The zero-order valence-corrected chi connectivity index (χ0v) is 12.4. The quantitative estimate of drug-likeness (QED) is 0.803. The monoisotopic (exact) mass is 317 g/mol. The summed E-state index contributed by atoms with van der Waals surface area (Å²) in [5, 5.41) is 15.5. The van der Waals surface area contributed by atoms with Crippen molar-refractivity contribution in [2.75, 3.05) is 0 Å². The van der Waals surface area contributed by atoms with E-state index < -0.39 is 11.9 Å². The molecule has 7 heteroatoms. The van der Waals surface area contributed by atoms with Crippen LogP contribution in [0.1, 0.15) is 17.2 Å². The lowest BCUT2D eigenvalue weighted by molar-refractivity contribution is -0.137. The molecule has 0 radical (unpaired) electrons. The van der Waals surface area contributed by atoms with Crippen molar-refractivity contribution in [3.05, 3.63) is 58.4 Å². The lowest BCUT2D eigenvalue weighted by Gasteiger charge is -2.12. The number of carbonyl (C=O) groups is 1. The molecule has 0 aliphatic carbocycles. The minimum atomic E-state index is -0.998. The van der Waals surface area contributed by atoms with E-state index in [1.165, 1.54) is 29.7 Å². The van der Waals surface area contributed by atoms with Crippen molar-refractivity contribution in [2.24, 2.45) is 7.05 Å². The van der Waals surface area contributed by atoms with Crippen molar-refractivity contribution in [1.29, 1.82) is 0 Å². The molecule has 0 amide bonds. The summed E-state index contributed by atoms with van der Waals surface area (Å²) in [7, 11) is 1.72. The first-order valence-corrected chi connectivity index (χ1v) is 7.41.